The summed E-state index contributed by atoms with van der Waals surface area (Å²) in [4.78, 5) is 0. The van der Waals surface area contributed by atoms with Crippen LogP contribution in [0, 0.1) is 0 Å². The monoisotopic (exact) mass is 184 g/mol. The molecule has 0 radical (unpaired) electrons. The fourth-order valence-corrected chi connectivity index (χ4v) is 0. The van der Waals surface area contributed by atoms with Crippen molar-refractivity contribution in [3.8, 4) is 0 Å². The normalized spacial score (nSPS) is 2.60. The molecule has 2 heteroatoms. The first-order chi connectivity index (χ1) is 1.41. The van der Waals surface area contributed by atoms with Crippen LogP contribution in [-0.2, 0) is 20.4 Å². The first-order valence-corrected chi connectivity index (χ1v) is 0.986. The van der Waals surface area contributed by atoms with Gasteiger partial charge in [-0.1, -0.05) is 6.08 Å². The fraction of sp³-hybridized carbons (Fsp3) is 0.333. The zero-order valence-corrected chi connectivity index (χ0v) is 5.38. The summed E-state index contributed by atoms with van der Waals surface area (Å²) in [5.74, 6) is 0. The third kappa shape index (κ3) is 71.0. The Morgan fingerprint density at radius 2 is 1.60 bits per heavy atom. The van der Waals surface area contributed by atoms with Crippen LogP contribution in [0.5, 0.6) is 0 Å². The van der Waals surface area contributed by atoms with Crippen molar-refractivity contribution in [2.75, 3.05) is 0 Å². The van der Waals surface area contributed by atoms with Crippen LogP contribution < -0.4 is 0 Å². The van der Waals surface area contributed by atoms with E-state index in [4.69, 9.17) is 0 Å². The standard InChI is InChI=1S/C3H6.ClH.Pd/c1-3-2;;/h3H,1H2,2H3;1H;. The predicted molar refractivity (Wildman–Crippen MR) is 23.1 cm³/mol. The molecule has 0 atom stereocenters. The zero-order chi connectivity index (χ0) is 2.71. The SMILES string of the molecule is C=CC.Cl.[Pd]. The van der Waals surface area contributed by atoms with Gasteiger partial charge < -0.3 is 0 Å². The second-order valence-electron chi connectivity index (χ2n) is 0.408. The largest absolute Gasteiger partial charge is 0.147 e. The molecule has 0 aromatic heterocycles. The van der Waals surface area contributed by atoms with E-state index >= 15 is 0 Å². The second kappa shape index (κ2) is 22.3. The molecule has 36 valence electrons. The van der Waals surface area contributed by atoms with E-state index in [2.05, 4.69) is 6.58 Å². The van der Waals surface area contributed by atoms with Gasteiger partial charge in [0.25, 0.3) is 0 Å². The second-order valence-corrected chi connectivity index (χ2v) is 0.408. The van der Waals surface area contributed by atoms with Gasteiger partial charge in [-0.3, -0.25) is 0 Å². The first-order valence-electron chi connectivity index (χ1n) is 0.986. The molecule has 0 aliphatic rings. The Balaban J connectivity index is -0.0000000200. The Bertz CT molecular complexity index is 14.4. The van der Waals surface area contributed by atoms with Crippen molar-refractivity contribution in [1.29, 1.82) is 0 Å². The molecule has 0 unspecified atom stereocenters. The molecule has 0 spiro atoms. The van der Waals surface area contributed by atoms with E-state index < -0.39 is 0 Å². The van der Waals surface area contributed by atoms with Crippen LogP contribution in [0.4, 0.5) is 0 Å². The van der Waals surface area contributed by atoms with Crippen LogP contribution in [0.15, 0.2) is 12.7 Å². The zero-order valence-electron chi connectivity index (χ0n) is 3.01. The summed E-state index contributed by atoms with van der Waals surface area (Å²) >= 11 is 0. The molecule has 0 nitrogen and oxygen atoms in total. The summed E-state index contributed by atoms with van der Waals surface area (Å²) in [5, 5.41) is 0. The smallest absolute Gasteiger partial charge is 0 e. The summed E-state index contributed by atoms with van der Waals surface area (Å²) in [6.45, 7) is 5.25. The maximum Gasteiger partial charge on any atom is 0 e. The molecule has 0 rings (SSSR count). The van der Waals surface area contributed by atoms with Gasteiger partial charge in [-0.25, -0.2) is 0 Å². The van der Waals surface area contributed by atoms with Crippen LogP contribution in [0.25, 0.3) is 0 Å². The van der Waals surface area contributed by atoms with Crippen LogP contribution in [0.3, 0.4) is 0 Å². The van der Waals surface area contributed by atoms with Gasteiger partial charge in [0.15, 0.2) is 0 Å². The molecular weight excluding hydrogens is 178 g/mol. The minimum absolute atomic E-state index is 0. The topological polar surface area (TPSA) is 0 Å². The molecule has 0 aromatic rings. The van der Waals surface area contributed by atoms with Crippen molar-refractivity contribution >= 4 is 12.4 Å². The van der Waals surface area contributed by atoms with E-state index in [1.54, 1.807) is 6.08 Å². The van der Waals surface area contributed by atoms with Crippen molar-refractivity contribution in [2.24, 2.45) is 0 Å². The molecule has 0 fully saturated rings. The third-order valence-electron chi connectivity index (χ3n) is 0. The Labute approximate surface area is 52.7 Å². The van der Waals surface area contributed by atoms with Crippen molar-refractivity contribution in [1.82, 2.24) is 0 Å². The van der Waals surface area contributed by atoms with Crippen molar-refractivity contribution in [3.63, 3.8) is 0 Å². The third-order valence-corrected chi connectivity index (χ3v) is 0. The van der Waals surface area contributed by atoms with Crippen LogP contribution in [-0.4, -0.2) is 0 Å². The summed E-state index contributed by atoms with van der Waals surface area (Å²) in [6, 6.07) is 0. The van der Waals surface area contributed by atoms with Crippen molar-refractivity contribution < 1.29 is 20.4 Å². The molecular formula is C3H7ClPd. The first kappa shape index (κ1) is 17.3. The molecule has 0 heterocycles. The van der Waals surface area contributed by atoms with Gasteiger partial charge in [0, 0.05) is 20.4 Å². The van der Waals surface area contributed by atoms with Crippen molar-refractivity contribution in [3.05, 3.63) is 12.7 Å². The van der Waals surface area contributed by atoms with Gasteiger partial charge in [-0.15, -0.1) is 19.0 Å². The summed E-state index contributed by atoms with van der Waals surface area (Å²) in [7, 11) is 0. The molecule has 0 N–H and O–H groups in total. The van der Waals surface area contributed by atoms with E-state index in [0.29, 0.717) is 0 Å². The maximum atomic E-state index is 3.36. The number of allylic oxidation sites excluding steroid dienone is 1. The number of hydrogen-bond acceptors (Lipinski definition) is 0. The Morgan fingerprint density at radius 1 is 1.60 bits per heavy atom. The van der Waals surface area contributed by atoms with E-state index in [9.17, 15) is 0 Å². The van der Waals surface area contributed by atoms with Crippen LogP contribution in [0.1, 0.15) is 6.92 Å². The summed E-state index contributed by atoms with van der Waals surface area (Å²) in [5.41, 5.74) is 0. The van der Waals surface area contributed by atoms with Gasteiger partial charge in [0.1, 0.15) is 0 Å². The van der Waals surface area contributed by atoms with Gasteiger partial charge >= 0.3 is 0 Å². The number of rotatable bonds is 0. The number of halogens is 1. The van der Waals surface area contributed by atoms with Gasteiger partial charge in [0.05, 0.1) is 0 Å². The molecule has 0 bridgehead atoms. The van der Waals surface area contributed by atoms with E-state index in [1.165, 1.54) is 0 Å². The van der Waals surface area contributed by atoms with E-state index in [-0.39, 0.29) is 32.8 Å². The van der Waals surface area contributed by atoms with Gasteiger partial charge in [-0.05, 0) is 6.92 Å². The summed E-state index contributed by atoms with van der Waals surface area (Å²) < 4.78 is 0. The molecule has 0 aliphatic heterocycles. The van der Waals surface area contributed by atoms with Crippen LogP contribution in [0.2, 0.25) is 0 Å². The van der Waals surface area contributed by atoms with E-state index in [0.717, 1.165) is 0 Å². The fourth-order valence-electron chi connectivity index (χ4n) is 0. The predicted octanol–water partition coefficient (Wildman–Crippen LogP) is 1.61. The molecule has 0 aliphatic carbocycles. The Kier molecular flexibility index (Phi) is 77.2. The Hall–Kier alpha value is 0.692. The molecule has 0 aromatic carbocycles. The summed E-state index contributed by atoms with van der Waals surface area (Å²) in [6.07, 6.45) is 1.75. The maximum absolute atomic E-state index is 3.36. The average Bonchev–Trinajstić information content (AvgIpc) is 0.918. The van der Waals surface area contributed by atoms with Crippen LogP contribution >= 0.6 is 12.4 Å². The minimum atomic E-state index is 0. The quantitative estimate of drug-likeness (QED) is 0.397. The minimum Gasteiger partial charge on any atom is -0.147 e. The van der Waals surface area contributed by atoms with Gasteiger partial charge in [-0.2, -0.15) is 0 Å². The Morgan fingerprint density at radius 3 is 1.60 bits per heavy atom. The van der Waals surface area contributed by atoms with E-state index in [1.807, 2.05) is 6.92 Å². The molecule has 0 saturated heterocycles. The average molecular weight is 185 g/mol. The molecule has 0 amide bonds. The van der Waals surface area contributed by atoms with Crippen molar-refractivity contribution in [2.45, 2.75) is 6.92 Å². The molecule has 5 heavy (non-hydrogen) atoms. The van der Waals surface area contributed by atoms with Gasteiger partial charge in [0.2, 0.25) is 0 Å². The number of hydrogen-bond donors (Lipinski definition) is 0. The molecule has 0 saturated carbocycles.